The van der Waals surface area contributed by atoms with E-state index in [2.05, 4.69) is 10.3 Å². The van der Waals surface area contributed by atoms with Crippen LogP contribution in [0.2, 0.25) is 0 Å². The van der Waals surface area contributed by atoms with Crippen molar-refractivity contribution < 1.29 is 14.7 Å². The van der Waals surface area contributed by atoms with E-state index in [1.165, 1.54) is 0 Å². The lowest BCUT2D eigenvalue weighted by Crippen LogP contribution is -2.38. The lowest BCUT2D eigenvalue weighted by Gasteiger charge is -2.17. The van der Waals surface area contributed by atoms with Crippen molar-refractivity contribution in [2.45, 2.75) is 13.0 Å². The van der Waals surface area contributed by atoms with E-state index in [1.54, 1.807) is 11.2 Å². The number of imidazole rings is 1. The molecule has 1 aliphatic rings. The molecule has 2 aromatic carbocycles. The third kappa shape index (κ3) is 3.48. The highest BCUT2D eigenvalue weighted by molar-refractivity contribution is 5.78. The number of likely N-dealkylation sites (tertiary alicyclic amines) is 1. The Morgan fingerprint density at radius 1 is 1.15 bits per heavy atom. The number of fused-ring (bicyclic) bond motifs is 1. The second-order valence-corrected chi connectivity index (χ2v) is 6.70. The van der Waals surface area contributed by atoms with Crippen molar-refractivity contribution in [1.29, 1.82) is 0 Å². The summed E-state index contributed by atoms with van der Waals surface area (Å²) in [4.78, 5) is 29.2. The summed E-state index contributed by atoms with van der Waals surface area (Å²) in [7, 11) is 0. The first-order valence-electron chi connectivity index (χ1n) is 8.89. The first-order valence-corrected chi connectivity index (χ1v) is 8.89. The Morgan fingerprint density at radius 3 is 2.67 bits per heavy atom. The third-order valence-corrected chi connectivity index (χ3v) is 4.94. The zero-order valence-electron chi connectivity index (χ0n) is 14.7. The number of amides is 2. The fourth-order valence-corrected chi connectivity index (χ4v) is 3.38. The van der Waals surface area contributed by atoms with Crippen molar-refractivity contribution in [1.82, 2.24) is 19.8 Å². The number of benzene rings is 2. The molecule has 1 saturated heterocycles. The molecule has 3 aromatic rings. The van der Waals surface area contributed by atoms with E-state index in [4.69, 9.17) is 5.11 Å². The standard InChI is InChI=1S/C20H20N4O3/c25-19(26)15-9-10-23(12-15)20(27)21-11-14-5-7-16(8-6-14)24-13-22-17-3-1-2-4-18(17)24/h1-8,13,15H,9-12H2,(H,21,27)(H,25,26). The topological polar surface area (TPSA) is 87.5 Å². The number of carboxylic acids is 1. The number of para-hydroxylation sites is 2. The van der Waals surface area contributed by atoms with Crippen LogP contribution < -0.4 is 5.32 Å². The Labute approximate surface area is 156 Å². The quantitative estimate of drug-likeness (QED) is 0.745. The highest BCUT2D eigenvalue weighted by Crippen LogP contribution is 2.19. The van der Waals surface area contributed by atoms with E-state index >= 15 is 0 Å². The molecule has 7 heteroatoms. The lowest BCUT2D eigenvalue weighted by molar-refractivity contribution is -0.141. The molecule has 1 aliphatic heterocycles. The van der Waals surface area contributed by atoms with Gasteiger partial charge in [-0.05, 0) is 36.2 Å². The minimum Gasteiger partial charge on any atom is -0.481 e. The minimum absolute atomic E-state index is 0.219. The number of carbonyl (C=O) groups excluding carboxylic acids is 1. The Kier molecular flexibility index (Phi) is 4.50. The highest BCUT2D eigenvalue weighted by atomic mass is 16.4. The van der Waals surface area contributed by atoms with Crippen LogP contribution in [-0.2, 0) is 11.3 Å². The van der Waals surface area contributed by atoms with Gasteiger partial charge < -0.3 is 15.3 Å². The summed E-state index contributed by atoms with van der Waals surface area (Å²) in [5, 5.41) is 11.9. The van der Waals surface area contributed by atoms with E-state index in [0.717, 1.165) is 22.3 Å². The summed E-state index contributed by atoms with van der Waals surface area (Å²) in [6, 6.07) is 15.6. The number of hydrogen-bond acceptors (Lipinski definition) is 3. The van der Waals surface area contributed by atoms with Gasteiger partial charge >= 0.3 is 12.0 Å². The number of nitrogens with one attached hydrogen (secondary N) is 1. The molecular weight excluding hydrogens is 344 g/mol. The molecular formula is C20H20N4O3. The largest absolute Gasteiger partial charge is 0.481 e. The van der Waals surface area contributed by atoms with E-state index in [9.17, 15) is 9.59 Å². The molecule has 1 unspecified atom stereocenters. The minimum atomic E-state index is -0.840. The first kappa shape index (κ1) is 17.1. The number of carboxylic acid groups (broad SMARTS) is 1. The van der Waals surface area contributed by atoms with Crippen LogP contribution in [0.4, 0.5) is 4.79 Å². The van der Waals surface area contributed by atoms with Crippen LogP contribution in [0.25, 0.3) is 16.7 Å². The molecule has 0 radical (unpaired) electrons. The molecule has 2 heterocycles. The van der Waals surface area contributed by atoms with Crippen LogP contribution in [0.15, 0.2) is 54.9 Å². The zero-order chi connectivity index (χ0) is 18.8. The molecule has 138 valence electrons. The maximum atomic E-state index is 12.2. The summed E-state index contributed by atoms with van der Waals surface area (Å²) < 4.78 is 2.02. The second kappa shape index (κ2) is 7.11. The predicted molar refractivity (Wildman–Crippen MR) is 101 cm³/mol. The van der Waals surface area contributed by atoms with Gasteiger partial charge in [-0.15, -0.1) is 0 Å². The van der Waals surface area contributed by atoms with Crippen LogP contribution in [0, 0.1) is 5.92 Å². The van der Waals surface area contributed by atoms with Gasteiger partial charge in [0.05, 0.1) is 17.0 Å². The number of aliphatic carboxylic acids is 1. The van der Waals surface area contributed by atoms with Crippen LogP contribution in [0.5, 0.6) is 0 Å². The van der Waals surface area contributed by atoms with Gasteiger partial charge in [0, 0.05) is 25.3 Å². The molecule has 1 atom stereocenters. The molecule has 0 bridgehead atoms. The molecule has 7 nitrogen and oxygen atoms in total. The van der Waals surface area contributed by atoms with E-state index in [1.807, 2.05) is 53.1 Å². The maximum Gasteiger partial charge on any atom is 0.317 e. The van der Waals surface area contributed by atoms with Gasteiger partial charge in [-0.3, -0.25) is 9.36 Å². The SMILES string of the molecule is O=C(O)C1CCN(C(=O)NCc2ccc(-n3cnc4ccccc43)cc2)C1. The molecule has 2 N–H and O–H groups in total. The average Bonchev–Trinajstić information content (AvgIpc) is 3.34. The van der Waals surface area contributed by atoms with Crippen LogP contribution in [0.1, 0.15) is 12.0 Å². The zero-order valence-corrected chi connectivity index (χ0v) is 14.7. The van der Waals surface area contributed by atoms with Crippen molar-refractivity contribution in [3.05, 3.63) is 60.4 Å². The number of urea groups is 1. The van der Waals surface area contributed by atoms with Gasteiger partial charge in [0.1, 0.15) is 6.33 Å². The molecule has 1 aromatic heterocycles. The van der Waals surface area contributed by atoms with Crippen molar-refractivity contribution in [2.75, 3.05) is 13.1 Å². The lowest BCUT2D eigenvalue weighted by atomic mass is 10.1. The molecule has 1 fully saturated rings. The van der Waals surface area contributed by atoms with E-state index in [-0.39, 0.29) is 12.6 Å². The van der Waals surface area contributed by atoms with Gasteiger partial charge in [0.15, 0.2) is 0 Å². The Balaban J connectivity index is 1.38. The third-order valence-electron chi connectivity index (χ3n) is 4.94. The van der Waals surface area contributed by atoms with Gasteiger partial charge in [-0.1, -0.05) is 24.3 Å². The number of nitrogens with zero attached hydrogens (tertiary/aromatic N) is 3. The van der Waals surface area contributed by atoms with Crippen LogP contribution in [-0.4, -0.2) is 44.6 Å². The molecule has 2 amide bonds. The number of aromatic nitrogens is 2. The number of carbonyl (C=O) groups is 2. The van der Waals surface area contributed by atoms with Crippen molar-refractivity contribution in [2.24, 2.45) is 5.92 Å². The van der Waals surface area contributed by atoms with E-state index in [0.29, 0.717) is 19.5 Å². The average molecular weight is 364 g/mol. The van der Waals surface area contributed by atoms with Gasteiger partial charge in [0.2, 0.25) is 0 Å². The summed E-state index contributed by atoms with van der Waals surface area (Å²) in [5.74, 6) is -1.30. The Bertz CT molecular complexity index is 980. The Hall–Kier alpha value is -3.35. The molecule has 27 heavy (non-hydrogen) atoms. The van der Waals surface area contributed by atoms with Crippen LogP contribution >= 0.6 is 0 Å². The fourth-order valence-electron chi connectivity index (χ4n) is 3.38. The van der Waals surface area contributed by atoms with Gasteiger partial charge in [-0.25, -0.2) is 9.78 Å². The maximum absolute atomic E-state index is 12.2. The second-order valence-electron chi connectivity index (χ2n) is 6.70. The van der Waals surface area contributed by atoms with Crippen molar-refractivity contribution in [3.8, 4) is 5.69 Å². The van der Waals surface area contributed by atoms with Gasteiger partial charge in [-0.2, -0.15) is 0 Å². The summed E-state index contributed by atoms with van der Waals surface area (Å²) in [5.41, 5.74) is 3.97. The number of hydrogen-bond donors (Lipinski definition) is 2. The summed E-state index contributed by atoms with van der Waals surface area (Å²) in [6.07, 6.45) is 2.31. The van der Waals surface area contributed by atoms with Gasteiger partial charge in [0.25, 0.3) is 0 Å². The number of rotatable bonds is 4. The highest BCUT2D eigenvalue weighted by Gasteiger charge is 2.30. The molecule has 0 saturated carbocycles. The molecule has 0 spiro atoms. The van der Waals surface area contributed by atoms with E-state index < -0.39 is 11.9 Å². The predicted octanol–water partition coefficient (Wildman–Crippen LogP) is 2.64. The summed E-state index contributed by atoms with van der Waals surface area (Å²) in [6.45, 7) is 1.15. The normalized spacial score (nSPS) is 16.6. The monoisotopic (exact) mass is 364 g/mol. The summed E-state index contributed by atoms with van der Waals surface area (Å²) >= 11 is 0. The first-order chi connectivity index (χ1) is 13.1. The molecule has 4 rings (SSSR count). The van der Waals surface area contributed by atoms with Crippen molar-refractivity contribution >= 4 is 23.0 Å². The fraction of sp³-hybridized carbons (Fsp3) is 0.250. The van der Waals surface area contributed by atoms with Crippen LogP contribution in [0.3, 0.4) is 0 Å². The molecule has 0 aliphatic carbocycles. The smallest absolute Gasteiger partial charge is 0.317 e. The Morgan fingerprint density at radius 2 is 1.93 bits per heavy atom. The van der Waals surface area contributed by atoms with Crippen molar-refractivity contribution in [3.63, 3.8) is 0 Å².